The second kappa shape index (κ2) is 9.13. The van der Waals surface area contributed by atoms with Gasteiger partial charge in [0.1, 0.15) is 0 Å². The van der Waals surface area contributed by atoms with Gasteiger partial charge in [-0.3, -0.25) is 4.79 Å². The number of nitrogens with two attached hydrogens (primary N) is 1. The van der Waals surface area contributed by atoms with Gasteiger partial charge in [-0.15, -0.1) is 0 Å². The van der Waals surface area contributed by atoms with Crippen molar-refractivity contribution in [2.24, 2.45) is 5.73 Å². The molecule has 0 saturated heterocycles. The van der Waals surface area contributed by atoms with Gasteiger partial charge in [-0.05, 0) is 41.0 Å². The zero-order chi connectivity index (χ0) is 21.6. The predicted molar refractivity (Wildman–Crippen MR) is 119 cm³/mol. The van der Waals surface area contributed by atoms with E-state index in [0.29, 0.717) is 18.7 Å². The maximum Gasteiger partial charge on any atom is 0.312 e. The zero-order valence-electron chi connectivity index (χ0n) is 16.9. The van der Waals surface area contributed by atoms with Crippen molar-refractivity contribution >= 4 is 23.0 Å². The molecule has 0 aliphatic heterocycles. The van der Waals surface area contributed by atoms with E-state index in [1.165, 1.54) is 5.56 Å². The van der Waals surface area contributed by atoms with Gasteiger partial charge in [-0.1, -0.05) is 48.5 Å². The van der Waals surface area contributed by atoms with Gasteiger partial charge in [-0.2, -0.15) is 0 Å². The minimum Gasteiger partial charge on any atom is -0.352 e. The molecule has 1 heterocycles. The zero-order valence-corrected chi connectivity index (χ0v) is 16.9. The second-order valence-electron chi connectivity index (χ2n) is 7.28. The molecule has 0 aliphatic carbocycles. The lowest BCUT2D eigenvalue weighted by molar-refractivity contribution is 0.0951. The fourth-order valence-electron chi connectivity index (χ4n) is 3.34. The quantitative estimate of drug-likeness (QED) is 0.434. The van der Waals surface area contributed by atoms with Crippen LogP contribution in [0.15, 0.2) is 79.1 Å². The number of rotatable bonds is 7. The summed E-state index contributed by atoms with van der Waals surface area (Å²) in [5.74, 6) is -0.150. The van der Waals surface area contributed by atoms with Crippen molar-refractivity contribution in [1.29, 1.82) is 0 Å². The number of nitrogens with zero attached hydrogens (tertiary/aromatic N) is 2. The van der Waals surface area contributed by atoms with Crippen molar-refractivity contribution in [2.75, 3.05) is 0 Å². The van der Waals surface area contributed by atoms with Crippen molar-refractivity contribution in [3.05, 3.63) is 101 Å². The third-order valence-electron chi connectivity index (χ3n) is 5.04. The van der Waals surface area contributed by atoms with Crippen LogP contribution in [0.2, 0.25) is 0 Å². The number of primary amides is 1. The summed E-state index contributed by atoms with van der Waals surface area (Å²) in [5.41, 5.74) is 10.8. The van der Waals surface area contributed by atoms with Crippen LogP contribution in [0.4, 0.5) is 4.79 Å². The van der Waals surface area contributed by atoms with E-state index in [9.17, 15) is 9.59 Å². The number of carbonyl (C=O) groups excluding carboxylic acids is 2. The molecule has 0 aliphatic rings. The number of fused-ring (bicyclic) bond motifs is 1. The van der Waals surface area contributed by atoms with E-state index in [-0.39, 0.29) is 5.91 Å². The molecule has 0 unspecified atom stereocenters. The Morgan fingerprint density at radius 2 is 1.42 bits per heavy atom. The third kappa shape index (κ3) is 5.08. The summed E-state index contributed by atoms with van der Waals surface area (Å²) in [5, 5.41) is 5.45. The van der Waals surface area contributed by atoms with Crippen LogP contribution in [-0.4, -0.2) is 21.5 Å². The molecular formula is C24H23N5O2. The maximum atomic E-state index is 12.4. The van der Waals surface area contributed by atoms with Gasteiger partial charge in [0, 0.05) is 25.2 Å². The highest BCUT2D eigenvalue weighted by Crippen LogP contribution is 2.14. The first-order chi connectivity index (χ1) is 15.1. The Kier molecular flexibility index (Phi) is 5.93. The Labute approximate surface area is 179 Å². The van der Waals surface area contributed by atoms with E-state index in [1.807, 2.05) is 36.7 Å². The summed E-state index contributed by atoms with van der Waals surface area (Å²) in [4.78, 5) is 27.6. The van der Waals surface area contributed by atoms with Gasteiger partial charge in [0.15, 0.2) is 0 Å². The largest absolute Gasteiger partial charge is 0.352 e. The first-order valence-electron chi connectivity index (χ1n) is 9.96. The number of para-hydroxylation sites is 2. The van der Waals surface area contributed by atoms with E-state index in [4.69, 9.17) is 5.73 Å². The summed E-state index contributed by atoms with van der Waals surface area (Å²) >= 11 is 0. The number of urea groups is 1. The first-order valence-corrected chi connectivity index (χ1v) is 9.96. The molecule has 0 spiro atoms. The molecule has 0 bridgehead atoms. The summed E-state index contributed by atoms with van der Waals surface area (Å²) < 4.78 is 2.12. The fraction of sp³-hybridized carbons (Fsp3) is 0.125. The molecule has 4 rings (SSSR count). The number of imidazole rings is 1. The average Bonchev–Trinajstić information content (AvgIpc) is 3.20. The number of benzene rings is 3. The van der Waals surface area contributed by atoms with Crippen LogP contribution in [0.25, 0.3) is 11.0 Å². The lowest BCUT2D eigenvalue weighted by atomic mass is 10.1. The lowest BCUT2D eigenvalue weighted by Crippen LogP contribution is -2.28. The Morgan fingerprint density at radius 3 is 2.13 bits per heavy atom. The Morgan fingerprint density at radius 1 is 0.806 bits per heavy atom. The number of nitrogens with one attached hydrogen (secondary N) is 2. The molecular weight excluding hydrogens is 390 g/mol. The van der Waals surface area contributed by atoms with E-state index in [2.05, 4.69) is 38.4 Å². The molecule has 156 valence electrons. The number of aromatic nitrogens is 2. The molecule has 1 aromatic heterocycles. The maximum absolute atomic E-state index is 12.4. The predicted octanol–water partition coefficient (Wildman–Crippen LogP) is 3.18. The number of amides is 3. The second-order valence-corrected chi connectivity index (χ2v) is 7.28. The smallest absolute Gasteiger partial charge is 0.312 e. The van der Waals surface area contributed by atoms with Gasteiger partial charge >= 0.3 is 6.03 Å². The molecule has 31 heavy (non-hydrogen) atoms. The minimum atomic E-state index is -0.578. The lowest BCUT2D eigenvalue weighted by Gasteiger charge is -2.09. The highest BCUT2D eigenvalue weighted by molar-refractivity contribution is 5.94. The van der Waals surface area contributed by atoms with Crippen molar-refractivity contribution < 1.29 is 9.59 Å². The summed E-state index contributed by atoms with van der Waals surface area (Å²) in [7, 11) is 0. The Balaban J connectivity index is 1.32. The third-order valence-corrected chi connectivity index (χ3v) is 5.04. The standard InChI is InChI=1S/C24H23N5O2/c25-24(31)27-14-18-9-11-20(12-10-18)23(30)26-13-17-5-7-19(8-6-17)15-29-16-28-21-3-1-2-4-22(21)29/h1-12,16H,13-15H2,(H,26,30)(H3,25,27,31). The average molecular weight is 413 g/mol. The summed E-state index contributed by atoms with van der Waals surface area (Å²) in [6, 6.07) is 22.7. The number of hydrogen-bond donors (Lipinski definition) is 3. The molecule has 3 amide bonds. The molecule has 7 nitrogen and oxygen atoms in total. The molecule has 0 saturated carbocycles. The highest BCUT2D eigenvalue weighted by atomic mass is 16.2. The first kappa shape index (κ1) is 20.2. The normalized spacial score (nSPS) is 10.7. The number of hydrogen-bond acceptors (Lipinski definition) is 3. The topological polar surface area (TPSA) is 102 Å². The van der Waals surface area contributed by atoms with Gasteiger partial charge in [0.05, 0.1) is 17.4 Å². The van der Waals surface area contributed by atoms with Crippen molar-refractivity contribution in [3.63, 3.8) is 0 Å². The van der Waals surface area contributed by atoms with Gasteiger partial charge in [0.2, 0.25) is 0 Å². The van der Waals surface area contributed by atoms with E-state index < -0.39 is 6.03 Å². The van der Waals surface area contributed by atoms with Gasteiger partial charge < -0.3 is 20.9 Å². The molecule has 4 aromatic rings. The van der Waals surface area contributed by atoms with Crippen molar-refractivity contribution in [1.82, 2.24) is 20.2 Å². The molecule has 7 heteroatoms. The van der Waals surface area contributed by atoms with Crippen LogP contribution in [0.3, 0.4) is 0 Å². The monoisotopic (exact) mass is 413 g/mol. The van der Waals surface area contributed by atoms with Crippen molar-refractivity contribution in [2.45, 2.75) is 19.6 Å². The van der Waals surface area contributed by atoms with Crippen LogP contribution in [0.1, 0.15) is 27.0 Å². The Bertz CT molecular complexity index is 1200. The van der Waals surface area contributed by atoms with E-state index in [0.717, 1.165) is 28.7 Å². The van der Waals surface area contributed by atoms with E-state index >= 15 is 0 Å². The number of carbonyl (C=O) groups is 2. The Hall–Kier alpha value is -4.13. The SMILES string of the molecule is NC(=O)NCc1ccc(C(=O)NCc2ccc(Cn3cnc4ccccc43)cc2)cc1. The molecule has 0 fully saturated rings. The molecule has 0 radical (unpaired) electrons. The van der Waals surface area contributed by atoms with Crippen LogP contribution in [0, 0.1) is 0 Å². The molecule has 0 atom stereocenters. The molecule has 3 aromatic carbocycles. The van der Waals surface area contributed by atoms with Gasteiger partial charge in [-0.25, -0.2) is 9.78 Å². The van der Waals surface area contributed by atoms with Crippen LogP contribution < -0.4 is 16.4 Å². The molecule has 4 N–H and O–H groups in total. The van der Waals surface area contributed by atoms with Crippen molar-refractivity contribution in [3.8, 4) is 0 Å². The van der Waals surface area contributed by atoms with Crippen LogP contribution in [-0.2, 0) is 19.6 Å². The van der Waals surface area contributed by atoms with Gasteiger partial charge in [0.25, 0.3) is 5.91 Å². The summed E-state index contributed by atoms with van der Waals surface area (Å²) in [6.07, 6.45) is 1.86. The van der Waals surface area contributed by atoms with E-state index in [1.54, 1.807) is 24.3 Å². The van der Waals surface area contributed by atoms with Crippen LogP contribution >= 0.6 is 0 Å². The fourth-order valence-corrected chi connectivity index (χ4v) is 3.34. The van der Waals surface area contributed by atoms with Crippen LogP contribution in [0.5, 0.6) is 0 Å². The minimum absolute atomic E-state index is 0.150. The summed E-state index contributed by atoms with van der Waals surface area (Å²) in [6.45, 7) is 1.51. The highest BCUT2D eigenvalue weighted by Gasteiger charge is 2.06.